The van der Waals surface area contributed by atoms with Crippen molar-refractivity contribution in [1.82, 2.24) is 19.7 Å². The largest absolute Gasteiger partial charge is 0.372 e. The molecule has 33 heavy (non-hydrogen) atoms. The Kier molecular flexibility index (Phi) is 5.28. The Bertz CT molecular complexity index is 1170. The van der Waals surface area contributed by atoms with E-state index in [-0.39, 0.29) is 5.91 Å². The van der Waals surface area contributed by atoms with Crippen molar-refractivity contribution in [3.05, 3.63) is 72.3 Å². The third-order valence-corrected chi connectivity index (χ3v) is 6.56. The molecule has 1 saturated carbocycles. The van der Waals surface area contributed by atoms with Crippen molar-refractivity contribution in [2.75, 3.05) is 18.4 Å². The van der Waals surface area contributed by atoms with Crippen LogP contribution in [0.15, 0.2) is 61.2 Å². The molecule has 2 atom stereocenters. The van der Waals surface area contributed by atoms with E-state index in [1.54, 1.807) is 18.5 Å². The van der Waals surface area contributed by atoms with Crippen molar-refractivity contribution < 1.29 is 9.53 Å². The third kappa shape index (κ3) is 4.60. The fraction of sp³-hybridized carbons (Fsp3) is 0.346. The number of morpholine rings is 1. The van der Waals surface area contributed by atoms with Gasteiger partial charge >= 0.3 is 0 Å². The smallest absolute Gasteiger partial charge is 0.248 e. The second kappa shape index (κ2) is 8.57. The number of anilines is 1. The van der Waals surface area contributed by atoms with Crippen molar-refractivity contribution in [3.8, 4) is 11.1 Å². The summed E-state index contributed by atoms with van der Waals surface area (Å²) >= 11 is 0. The molecule has 0 radical (unpaired) electrons. The van der Waals surface area contributed by atoms with Crippen LogP contribution in [0.3, 0.4) is 0 Å². The zero-order chi connectivity index (χ0) is 22.2. The monoisotopic (exact) mass is 441 g/mol. The molecule has 4 fully saturated rings. The molecule has 1 aromatic carbocycles. The number of rotatable bonds is 7. The van der Waals surface area contributed by atoms with Crippen LogP contribution in [0.5, 0.6) is 0 Å². The molecule has 2 bridgehead atoms. The number of aromatic nitrogens is 3. The molecule has 1 aliphatic carbocycles. The van der Waals surface area contributed by atoms with Gasteiger partial charge in [0.1, 0.15) is 0 Å². The predicted octanol–water partition coefficient (Wildman–Crippen LogP) is 3.91. The van der Waals surface area contributed by atoms with Gasteiger partial charge in [-0.3, -0.25) is 19.4 Å². The summed E-state index contributed by atoms with van der Waals surface area (Å²) in [5.74, 6) is -0.167. The van der Waals surface area contributed by atoms with Crippen molar-refractivity contribution >= 4 is 17.7 Å². The first kappa shape index (κ1) is 20.3. The first-order chi connectivity index (χ1) is 16.2. The van der Waals surface area contributed by atoms with E-state index in [1.807, 2.05) is 35.2 Å². The average molecular weight is 442 g/mol. The molecule has 5 heterocycles. The van der Waals surface area contributed by atoms with Crippen molar-refractivity contribution in [2.45, 2.75) is 44.1 Å². The van der Waals surface area contributed by atoms with Gasteiger partial charge in [0.2, 0.25) is 5.91 Å². The summed E-state index contributed by atoms with van der Waals surface area (Å²) in [6, 6.07) is 10.6. The first-order valence-corrected chi connectivity index (χ1v) is 11.6. The molecule has 3 aromatic rings. The molecule has 7 nitrogen and oxygen atoms in total. The number of hydrogen-bond donors (Lipinski definition) is 1. The quantitative estimate of drug-likeness (QED) is 0.563. The first-order valence-electron chi connectivity index (χ1n) is 11.6. The number of amides is 1. The number of nitrogens with one attached hydrogen (secondary N) is 1. The SMILES string of the molecule is O=C(/C=C/c1cnccc1-c1cnn(C2CC2)c1)Nc1ccc(CN2CC3CC(C2)O3)cc1. The van der Waals surface area contributed by atoms with Gasteiger partial charge in [0, 0.05) is 67.5 Å². The van der Waals surface area contributed by atoms with Gasteiger partial charge in [-0.15, -0.1) is 0 Å². The molecule has 4 aliphatic rings. The van der Waals surface area contributed by atoms with Crippen LogP contribution in [0.25, 0.3) is 17.2 Å². The summed E-state index contributed by atoms with van der Waals surface area (Å²) in [7, 11) is 0. The highest BCUT2D eigenvalue weighted by molar-refractivity contribution is 6.02. The van der Waals surface area contributed by atoms with Crippen LogP contribution in [0.4, 0.5) is 5.69 Å². The van der Waals surface area contributed by atoms with Crippen LogP contribution in [-0.4, -0.2) is 50.9 Å². The highest BCUT2D eigenvalue weighted by Crippen LogP contribution is 2.35. The Morgan fingerprint density at radius 3 is 2.67 bits per heavy atom. The Balaban J connectivity index is 1.08. The fourth-order valence-electron chi connectivity index (χ4n) is 4.69. The minimum Gasteiger partial charge on any atom is -0.372 e. The maximum absolute atomic E-state index is 12.5. The molecule has 168 valence electrons. The number of fused-ring (bicyclic) bond motifs is 2. The van der Waals surface area contributed by atoms with Crippen LogP contribution >= 0.6 is 0 Å². The van der Waals surface area contributed by atoms with E-state index in [9.17, 15) is 4.79 Å². The topological polar surface area (TPSA) is 72.3 Å². The van der Waals surface area contributed by atoms with Crippen LogP contribution in [-0.2, 0) is 16.1 Å². The lowest BCUT2D eigenvalue weighted by Crippen LogP contribution is -2.56. The minimum absolute atomic E-state index is 0.167. The lowest BCUT2D eigenvalue weighted by atomic mass is 9.98. The number of piperidine rings is 1. The van der Waals surface area contributed by atoms with E-state index in [2.05, 4.69) is 38.6 Å². The van der Waals surface area contributed by atoms with Crippen LogP contribution in [0.1, 0.15) is 36.4 Å². The second-order valence-electron chi connectivity index (χ2n) is 9.23. The van der Waals surface area contributed by atoms with Gasteiger partial charge in [-0.1, -0.05) is 12.1 Å². The Labute approximate surface area is 193 Å². The highest BCUT2D eigenvalue weighted by Gasteiger charge is 2.37. The van der Waals surface area contributed by atoms with Crippen molar-refractivity contribution in [3.63, 3.8) is 0 Å². The van der Waals surface area contributed by atoms with Gasteiger partial charge in [0.05, 0.1) is 24.4 Å². The van der Waals surface area contributed by atoms with E-state index >= 15 is 0 Å². The summed E-state index contributed by atoms with van der Waals surface area (Å²) < 4.78 is 7.73. The van der Waals surface area contributed by atoms with Gasteiger partial charge in [0.25, 0.3) is 0 Å². The van der Waals surface area contributed by atoms with E-state index in [0.29, 0.717) is 18.2 Å². The summed E-state index contributed by atoms with van der Waals surface area (Å²) in [6.07, 6.45) is 15.3. The van der Waals surface area contributed by atoms with E-state index < -0.39 is 0 Å². The van der Waals surface area contributed by atoms with Gasteiger partial charge in [-0.05, 0) is 48.2 Å². The lowest BCUT2D eigenvalue weighted by Gasteiger charge is -2.47. The van der Waals surface area contributed by atoms with Crippen molar-refractivity contribution in [1.29, 1.82) is 0 Å². The predicted molar refractivity (Wildman–Crippen MR) is 126 cm³/mol. The molecule has 3 saturated heterocycles. The average Bonchev–Trinajstić information content (AvgIpc) is 3.55. The minimum atomic E-state index is -0.167. The molecular weight excluding hydrogens is 414 g/mol. The number of nitrogens with zero attached hydrogens (tertiary/aromatic N) is 4. The Hall–Kier alpha value is -3.29. The molecular formula is C26H27N5O2. The van der Waals surface area contributed by atoms with Gasteiger partial charge in [0.15, 0.2) is 0 Å². The zero-order valence-corrected chi connectivity index (χ0v) is 18.4. The number of pyridine rings is 1. The van der Waals surface area contributed by atoms with Crippen LogP contribution in [0.2, 0.25) is 0 Å². The molecule has 7 heteroatoms. The molecule has 0 spiro atoms. The molecule has 1 amide bonds. The summed E-state index contributed by atoms with van der Waals surface area (Å²) in [4.78, 5) is 19.2. The van der Waals surface area contributed by atoms with E-state index in [0.717, 1.165) is 42.0 Å². The van der Waals surface area contributed by atoms with Gasteiger partial charge < -0.3 is 10.1 Å². The molecule has 2 aromatic heterocycles. The number of benzene rings is 1. The Morgan fingerprint density at radius 2 is 1.91 bits per heavy atom. The summed E-state index contributed by atoms with van der Waals surface area (Å²) in [6.45, 7) is 2.95. The molecule has 1 N–H and O–H groups in total. The summed E-state index contributed by atoms with van der Waals surface area (Å²) in [5, 5.41) is 7.43. The van der Waals surface area contributed by atoms with E-state index in [1.165, 1.54) is 24.8 Å². The second-order valence-corrected chi connectivity index (χ2v) is 9.23. The highest BCUT2D eigenvalue weighted by atomic mass is 16.5. The molecule has 7 rings (SSSR count). The van der Waals surface area contributed by atoms with Gasteiger partial charge in [-0.25, -0.2) is 0 Å². The van der Waals surface area contributed by atoms with Crippen molar-refractivity contribution in [2.24, 2.45) is 0 Å². The number of carbonyl (C=O) groups is 1. The lowest BCUT2D eigenvalue weighted by molar-refractivity contribution is -0.182. The standard InChI is InChI=1S/C26H27N5O2/c32-26(29-21-4-1-18(2-5-21)14-30-16-23-11-24(17-30)33-23)8-3-19-12-27-10-9-25(19)20-13-28-31(15-20)22-6-7-22/h1-5,8-10,12-13,15,22-24H,6-7,11,14,16-17H2,(H,29,32)/b8-3+. The molecule has 3 aliphatic heterocycles. The fourth-order valence-corrected chi connectivity index (χ4v) is 4.69. The maximum atomic E-state index is 12.5. The number of ether oxygens (including phenoxy) is 1. The normalized spacial score (nSPS) is 22.3. The Morgan fingerprint density at radius 1 is 1.12 bits per heavy atom. The zero-order valence-electron chi connectivity index (χ0n) is 18.4. The maximum Gasteiger partial charge on any atom is 0.248 e. The van der Waals surface area contributed by atoms with Gasteiger partial charge in [-0.2, -0.15) is 5.10 Å². The summed E-state index contributed by atoms with van der Waals surface area (Å²) in [5.41, 5.74) is 4.98. The number of carbonyl (C=O) groups excluding carboxylic acids is 1. The van der Waals surface area contributed by atoms with E-state index in [4.69, 9.17) is 4.74 Å². The third-order valence-electron chi connectivity index (χ3n) is 6.56. The van der Waals surface area contributed by atoms with Crippen LogP contribution in [0, 0.1) is 0 Å². The molecule has 2 unspecified atom stereocenters. The van der Waals surface area contributed by atoms with Crippen LogP contribution < -0.4 is 5.32 Å². The number of hydrogen-bond acceptors (Lipinski definition) is 5.